The molecule has 1 aromatic heterocycles. The molecule has 0 atom stereocenters. The number of fused-ring (bicyclic) bond motifs is 1. The van der Waals surface area contributed by atoms with E-state index >= 15 is 0 Å². The van der Waals surface area contributed by atoms with Gasteiger partial charge in [0.05, 0.1) is 0 Å². The summed E-state index contributed by atoms with van der Waals surface area (Å²) in [6.07, 6.45) is 2.26. The van der Waals surface area contributed by atoms with Crippen LogP contribution in [0.3, 0.4) is 0 Å². The van der Waals surface area contributed by atoms with Gasteiger partial charge < -0.3 is 15.0 Å². The Kier molecular flexibility index (Phi) is 3.00. The van der Waals surface area contributed by atoms with E-state index in [2.05, 4.69) is 35.4 Å². The van der Waals surface area contributed by atoms with Crippen LogP contribution in [0.5, 0.6) is 0 Å². The van der Waals surface area contributed by atoms with Crippen LogP contribution in [0, 0.1) is 6.92 Å². The zero-order chi connectivity index (χ0) is 12.5. The first-order chi connectivity index (χ1) is 8.79. The second-order valence-corrected chi connectivity index (χ2v) is 5.06. The predicted octanol–water partition coefficient (Wildman–Crippen LogP) is 3.41. The zero-order valence-electron chi connectivity index (χ0n) is 11.0. The van der Waals surface area contributed by atoms with Crippen molar-refractivity contribution in [1.82, 2.24) is 4.98 Å². The normalized spacial score (nSPS) is 17.2. The van der Waals surface area contributed by atoms with Crippen molar-refractivity contribution in [2.75, 3.05) is 25.6 Å². The highest BCUT2D eigenvalue weighted by Crippen LogP contribution is 2.33. The standard InChI is InChI=1S/C15H20N2O/c1-10-13-9-12(16-2)3-4-14(13)17-15(10)11-5-7-18-8-6-11/h3-4,9,11,16-17H,5-8H2,1-2H3. The van der Waals surface area contributed by atoms with Crippen LogP contribution in [0.2, 0.25) is 0 Å². The predicted molar refractivity (Wildman–Crippen MR) is 75.4 cm³/mol. The third-order valence-corrected chi connectivity index (χ3v) is 4.02. The van der Waals surface area contributed by atoms with Crippen LogP contribution in [0.1, 0.15) is 30.0 Å². The SMILES string of the molecule is CNc1ccc2[nH]c(C3CCOCC3)c(C)c2c1. The number of hydrogen-bond acceptors (Lipinski definition) is 2. The number of nitrogens with one attached hydrogen (secondary N) is 2. The first kappa shape index (κ1) is 11.6. The van der Waals surface area contributed by atoms with Crippen LogP contribution in [-0.4, -0.2) is 25.2 Å². The summed E-state index contributed by atoms with van der Waals surface area (Å²) in [5.74, 6) is 0.629. The molecule has 0 spiro atoms. The molecule has 2 aromatic rings. The van der Waals surface area contributed by atoms with E-state index < -0.39 is 0 Å². The summed E-state index contributed by atoms with van der Waals surface area (Å²) in [7, 11) is 1.96. The summed E-state index contributed by atoms with van der Waals surface area (Å²) in [5.41, 5.74) is 5.21. The van der Waals surface area contributed by atoms with Gasteiger partial charge in [-0.1, -0.05) is 0 Å². The molecule has 0 saturated carbocycles. The minimum atomic E-state index is 0.629. The molecule has 0 bridgehead atoms. The third-order valence-electron chi connectivity index (χ3n) is 4.02. The largest absolute Gasteiger partial charge is 0.388 e. The molecule has 1 saturated heterocycles. The molecule has 1 aliphatic rings. The van der Waals surface area contributed by atoms with Crippen molar-refractivity contribution in [3.63, 3.8) is 0 Å². The van der Waals surface area contributed by atoms with E-state index in [1.165, 1.54) is 27.8 Å². The van der Waals surface area contributed by atoms with Crippen molar-refractivity contribution in [2.45, 2.75) is 25.7 Å². The van der Waals surface area contributed by atoms with Crippen LogP contribution < -0.4 is 5.32 Å². The van der Waals surface area contributed by atoms with Gasteiger partial charge in [-0.3, -0.25) is 0 Å². The maximum Gasteiger partial charge on any atom is 0.0472 e. The Balaban J connectivity index is 2.04. The summed E-state index contributed by atoms with van der Waals surface area (Å²) >= 11 is 0. The molecule has 0 radical (unpaired) electrons. The molecule has 0 amide bonds. The van der Waals surface area contributed by atoms with Crippen LogP contribution in [0.4, 0.5) is 5.69 Å². The number of anilines is 1. The van der Waals surface area contributed by atoms with E-state index in [1.54, 1.807) is 0 Å². The van der Waals surface area contributed by atoms with E-state index in [1.807, 2.05) is 7.05 Å². The molecule has 1 fully saturated rings. The van der Waals surface area contributed by atoms with Crippen molar-refractivity contribution in [1.29, 1.82) is 0 Å². The molecule has 1 aliphatic heterocycles. The van der Waals surface area contributed by atoms with Crippen molar-refractivity contribution in [3.05, 3.63) is 29.5 Å². The number of H-pyrrole nitrogens is 1. The molecule has 0 unspecified atom stereocenters. The third kappa shape index (κ3) is 1.89. The zero-order valence-corrected chi connectivity index (χ0v) is 11.0. The second kappa shape index (κ2) is 4.65. The monoisotopic (exact) mass is 244 g/mol. The van der Waals surface area contributed by atoms with Crippen molar-refractivity contribution >= 4 is 16.6 Å². The lowest BCUT2D eigenvalue weighted by Gasteiger charge is -2.21. The van der Waals surface area contributed by atoms with Gasteiger partial charge in [-0.15, -0.1) is 0 Å². The minimum Gasteiger partial charge on any atom is -0.388 e. The summed E-state index contributed by atoms with van der Waals surface area (Å²) in [5, 5.41) is 4.54. The Morgan fingerprint density at radius 1 is 1.28 bits per heavy atom. The van der Waals surface area contributed by atoms with Gasteiger partial charge in [-0.2, -0.15) is 0 Å². The number of ether oxygens (including phenoxy) is 1. The fraction of sp³-hybridized carbons (Fsp3) is 0.467. The van der Waals surface area contributed by atoms with Crippen LogP contribution in [0.15, 0.2) is 18.2 Å². The number of rotatable bonds is 2. The lowest BCUT2D eigenvalue weighted by Crippen LogP contribution is -2.14. The van der Waals surface area contributed by atoms with Crippen molar-refractivity contribution < 1.29 is 4.74 Å². The summed E-state index contributed by atoms with van der Waals surface area (Å²) in [4.78, 5) is 3.60. The Hall–Kier alpha value is -1.48. The molecular formula is C15H20N2O. The second-order valence-electron chi connectivity index (χ2n) is 5.06. The van der Waals surface area contributed by atoms with Gasteiger partial charge in [0.1, 0.15) is 0 Å². The van der Waals surface area contributed by atoms with Gasteiger partial charge in [0, 0.05) is 48.5 Å². The molecule has 0 aliphatic carbocycles. The van der Waals surface area contributed by atoms with Gasteiger partial charge >= 0.3 is 0 Å². The highest BCUT2D eigenvalue weighted by Gasteiger charge is 2.20. The van der Waals surface area contributed by atoms with Gasteiger partial charge in [-0.05, 0) is 43.5 Å². The summed E-state index contributed by atoms with van der Waals surface area (Å²) in [6, 6.07) is 6.51. The Bertz CT molecular complexity index is 553. The first-order valence-electron chi connectivity index (χ1n) is 6.67. The first-order valence-corrected chi connectivity index (χ1v) is 6.67. The molecule has 3 rings (SSSR count). The van der Waals surface area contributed by atoms with E-state index in [4.69, 9.17) is 4.74 Å². The number of aromatic amines is 1. The topological polar surface area (TPSA) is 37.0 Å². The van der Waals surface area contributed by atoms with Crippen molar-refractivity contribution in [2.24, 2.45) is 0 Å². The van der Waals surface area contributed by atoms with Gasteiger partial charge in [0.2, 0.25) is 0 Å². The van der Waals surface area contributed by atoms with Gasteiger partial charge in [0.25, 0.3) is 0 Å². The Labute approximate surface area is 108 Å². The highest BCUT2D eigenvalue weighted by molar-refractivity contribution is 5.87. The fourth-order valence-electron chi connectivity index (χ4n) is 2.90. The number of aromatic nitrogens is 1. The van der Waals surface area contributed by atoms with E-state index in [9.17, 15) is 0 Å². The molecule has 18 heavy (non-hydrogen) atoms. The number of aryl methyl sites for hydroxylation is 1. The lowest BCUT2D eigenvalue weighted by molar-refractivity contribution is 0.0845. The van der Waals surface area contributed by atoms with Gasteiger partial charge in [0.15, 0.2) is 0 Å². The molecule has 2 heterocycles. The molecule has 3 heteroatoms. The maximum atomic E-state index is 5.45. The van der Waals surface area contributed by atoms with E-state index in [-0.39, 0.29) is 0 Å². The van der Waals surface area contributed by atoms with E-state index in [0.29, 0.717) is 5.92 Å². The molecule has 2 N–H and O–H groups in total. The molecule has 1 aromatic carbocycles. The smallest absolute Gasteiger partial charge is 0.0472 e. The summed E-state index contributed by atoms with van der Waals surface area (Å²) < 4.78 is 5.45. The van der Waals surface area contributed by atoms with Crippen LogP contribution in [0.25, 0.3) is 10.9 Å². The Morgan fingerprint density at radius 2 is 2.06 bits per heavy atom. The van der Waals surface area contributed by atoms with Crippen LogP contribution >= 0.6 is 0 Å². The molecule has 96 valence electrons. The Morgan fingerprint density at radius 3 is 2.78 bits per heavy atom. The number of benzene rings is 1. The van der Waals surface area contributed by atoms with E-state index in [0.717, 1.165) is 26.1 Å². The van der Waals surface area contributed by atoms with Crippen molar-refractivity contribution in [3.8, 4) is 0 Å². The fourth-order valence-corrected chi connectivity index (χ4v) is 2.90. The number of hydrogen-bond donors (Lipinski definition) is 2. The highest BCUT2D eigenvalue weighted by atomic mass is 16.5. The average molecular weight is 244 g/mol. The molecular weight excluding hydrogens is 224 g/mol. The summed E-state index contributed by atoms with van der Waals surface area (Å²) in [6.45, 7) is 4.01. The quantitative estimate of drug-likeness (QED) is 0.849. The average Bonchev–Trinajstić information content (AvgIpc) is 2.77. The minimum absolute atomic E-state index is 0.629. The van der Waals surface area contributed by atoms with Crippen LogP contribution in [-0.2, 0) is 4.74 Å². The van der Waals surface area contributed by atoms with Gasteiger partial charge in [-0.25, -0.2) is 0 Å². The molecule has 3 nitrogen and oxygen atoms in total. The maximum absolute atomic E-state index is 5.45. The lowest BCUT2D eigenvalue weighted by atomic mass is 9.94.